The fourth-order valence-corrected chi connectivity index (χ4v) is 2.43. The van der Waals surface area contributed by atoms with Crippen LogP contribution in [0.2, 0.25) is 0 Å². The summed E-state index contributed by atoms with van der Waals surface area (Å²) in [5.74, 6) is -0.899. The summed E-state index contributed by atoms with van der Waals surface area (Å²) in [6, 6.07) is 9.68. The van der Waals surface area contributed by atoms with Crippen molar-refractivity contribution < 1.29 is 19.1 Å². The molecule has 0 bridgehead atoms. The van der Waals surface area contributed by atoms with Crippen molar-refractivity contribution in [3.05, 3.63) is 52.2 Å². The molecule has 0 aliphatic heterocycles. The van der Waals surface area contributed by atoms with Gasteiger partial charge in [0, 0.05) is 11.3 Å². The number of amides is 3. The molecule has 0 saturated heterocycles. The highest BCUT2D eigenvalue weighted by Gasteiger charge is 2.17. The summed E-state index contributed by atoms with van der Waals surface area (Å²) in [6.07, 6.45) is -0.615. The lowest BCUT2D eigenvalue weighted by Gasteiger charge is -2.19. The molecule has 3 amide bonds. The molecule has 0 unspecified atom stereocenters. The Hall–Kier alpha value is -2.87. The van der Waals surface area contributed by atoms with Crippen molar-refractivity contribution in [2.75, 3.05) is 5.32 Å². The Morgan fingerprint density at radius 1 is 1.00 bits per heavy atom. The predicted molar refractivity (Wildman–Crippen MR) is 95.6 cm³/mol. The molecule has 0 radical (unpaired) electrons. The largest absolute Gasteiger partial charge is 0.444 e. The van der Waals surface area contributed by atoms with E-state index in [4.69, 9.17) is 4.74 Å². The second-order valence-electron chi connectivity index (χ2n) is 6.09. The van der Waals surface area contributed by atoms with Gasteiger partial charge in [0.1, 0.15) is 5.60 Å². The second-order valence-corrected chi connectivity index (χ2v) is 7.04. The summed E-state index contributed by atoms with van der Waals surface area (Å²) in [5, 5.41) is 4.32. The van der Waals surface area contributed by atoms with E-state index in [-0.39, 0.29) is 5.56 Å². The maximum atomic E-state index is 12.1. The predicted octanol–water partition coefficient (Wildman–Crippen LogP) is 3.17. The molecule has 1 aromatic heterocycles. The zero-order chi connectivity index (χ0) is 18.4. The average Bonchev–Trinajstić information content (AvgIpc) is 3.05. The highest BCUT2D eigenvalue weighted by molar-refractivity contribution is 7.12. The van der Waals surface area contributed by atoms with Crippen molar-refractivity contribution in [2.45, 2.75) is 26.4 Å². The lowest BCUT2D eigenvalue weighted by atomic mass is 10.2. The highest BCUT2D eigenvalue weighted by atomic mass is 32.1. The summed E-state index contributed by atoms with van der Waals surface area (Å²) in [5.41, 5.74) is 4.73. The van der Waals surface area contributed by atoms with Crippen LogP contribution in [0.1, 0.15) is 40.8 Å². The third kappa shape index (κ3) is 5.92. The Morgan fingerprint density at radius 3 is 2.36 bits per heavy atom. The molecule has 0 spiro atoms. The summed E-state index contributed by atoms with van der Waals surface area (Å²) >= 11 is 1.27. The van der Waals surface area contributed by atoms with Gasteiger partial charge in [-0.25, -0.2) is 4.79 Å². The third-order valence-electron chi connectivity index (χ3n) is 2.80. The quantitative estimate of drug-likeness (QED) is 0.732. The fraction of sp³-hybridized carbons (Fsp3) is 0.235. The number of carbonyl (C=O) groups is 3. The van der Waals surface area contributed by atoms with Crippen molar-refractivity contribution in [3.63, 3.8) is 0 Å². The van der Waals surface area contributed by atoms with Gasteiger partial charge in [0.2, 0.25) is 0 Å². The van der Waals surface area contributed by atoms with Crippen LogP contribution in [0.25, 0.3) is 0 Å². The van der Waals surface area contributed by atoms with Crippen LogP contribution in [-0.4, -0.2) is 23.5 Å². The van der Waals surface area contributed by atoms with Crippen LogP contribution in [0.5, 0.6) is 0 Å². The topological polar surface area (TPSA) is 96.5 Å². The average molecular weight is 361 g/mol. The van der Waals surface area contributed by atoms with Gasteiger partial charge in [0.05, 0.1) is 4.88 Å². The standard InChI is InChI=1S/C17H19N3O4S/c1-17(2,3)24-16(23)18-12-7-4-6-11(10-12)14(21)19-20-15(22)13-8-5-9-25-13/h4-10H,1-3H3,(H,18,23)(H,19,21)(H,20,22). The van der Waals surface area contributed by atoms with Gasteiger partial charge in [-0.1, -0.05) is 12.1 Å². The van der Waals surface area contributed by atoms with E-state index in [0.29, 0.717) is 10.6 Å². The molecule has 7 nitrogen and oxygen atoms in total. The number of benzene rings is 1. The van der Waals surface area contributed by atoms with Gasteiger partial charge in [-0.15, -0.1) is 11.3 Å². The van der Waals surface area contributed by atoms with E-state index in [1.165, 1.54) is 17.4 Å². The van der Waals surface area contributed by atoms with Crippen LogP contribution < -0.4 is 16.2 Å². The van der Waals surface area contributed by atoms with Crippen LogP contribution in [-0.2, 0) is 4.74 Å². The molecule has 3 N–H and O–H groups in total. The van der Waals surface area contributed by atoms with E-state index in [0.717, 1.165) is 0 Å². The maximum Gasteiger partial charge on any atom is 0.412 e. The number of anilines is 1. The molecule has 0 saturated carbocycles. The summed E-state index contributed by atoms with van der Waals surface area (Å²) in [6.45, 7) is 5.27. The fourth-order valence-electron chi connectivity index (χ4n) is 1.81. The second kappa shape index (κ2) is 7.80. The van der Waals surface area contributed by atoms with E-state index in [1.54, 1.807) is 56.5 Å². The first-order valence-corrected chi connectivity index (χ1v) is 8.37. The minimum Gasteiger partial charge on any atom is -0.444 e. The van der Waals surface area contributed by atoms with E-state index in [1.807, 2.05) is 0 Å². The zero-order valence-electron chi connectivity index (χ0n) is 14.1. The first kappa shape index (κ1) is 18.5. The summed E-state index contributed by atoms with van der Waals surface area (Å²) < 4.78 is 5.16. The van der Waals surface area contributed by atoms with Gasteiger partial charge in [-0.3, -0.25) is 25.8 Å². The van der Waals surface area contributed by atoms with Crippen molar-refractivity contribution in [1.82, 2.24) is 10.9 Å². The normalized spacial score (nSPS) is 10.7. The van der Waals surface area contributed by atoms with Crippen molar-refractivity contribution in [1.29, 1.82) is 0 Å². The van der Waals surface area contributed by atoms with Gasteiger partial charge in [-0.2, -0.15) is 0 Å². The minimum absolute atomic E-state index is 0.278. The molecule has 0 fully saturated rings. The van der Waals surface area contributed by atoms with E-state index < -0.39 is 23.5 Å². The SMILES string of the molecule is CC(C)(C)OC(=O)Nc1cccc(C(=O)NNC(=O)c2cccs2)c1. The highest BCUT2D eigenvalue weighted by Crippen LogP contribution is 2.14. The Kier molecular flexibility index (Phi) is 5.76. The molecule has 132 valence electrons. The number of hydrogen-bond donors (Lipinski definition) is 3. The lowest BCUT2D eigenvalue weighted by molar-refractivity contribution is 0.0635. The number of hydrogen-bond acceptors (Lipinski definition) is 5. The molecule has 8 heteroatoms. The number of carbonyl (C=O) groups excluding carboxylic acids is 3. The van der Waals surface area contributed by atoms with Crippen molar-refractivity contribution >= 4 is 34.9 Å². The maximum absolute atomic E-state index is 12.1. The first-order valence-electron chi connectivity index (χ1n) is 7.49. The molecule has 1 heterocycles. The van der Waals surface area contributed by atoms with E-state index in [9.17, 15) is 14.4 Å². The number of nitrogens with one attached hydrogen (secondary N) is 3. The summed E-state index contributed by atoms with van der Waals surface area (Å²) in [4.78, 5) is 36.2. The lowest BCUT2D eigenvalue weighted by Crippen LogP contribution is -2.41. The number of thiophene rings is 1. The van der Waals surface area contributed by atoms with Crippen LogP contribution in [0.15, 0.2) is 41.8 Å². The van der Waals surface area contributed by atoms with Gasteiger partial charge in [-0.05, 0) is 50.4 Å². The van der Waals surface area contributed by atoms with Gasteiger partial charge >= 0.3 is 6.09 Å². The zero-order valence-corrected chi connectivity index (χ0v) is 14.9. The molecule has 0 atom stereocenters. The van der Waals surface area contributed by atoms with Crippen molar-refractivity contribution in [3.8, 4) is 0 Å². The van der Waals surface area contributed by atoms with Crippen LogP contribution >= 0.6 is 11.3 Å². The molecular weight excluding hydrogens is 342 g/mol. The molecule has 0 aliphatic rings. The van der Waals surface area contributed by atoms with Gasteiger partial charge in [0.15, 0.2) is 0 Å². The van der Waals surface area contributed by atoms with Crippen molar-refractivity contribution in [2.24, 2.45) is 0 Å². The number of ether oxygens (including phenoxy) is 1. The van der Waals surface area contributed by atoms with E-state index >= 15 is 0 Å². The molecule has 2 aromatic rings. The molecule has 25 heavy (non-hydrogen) atoms. The van der Waals surface area contributed by atoms with Crippen LogP contribution in [0.4, 0.5) is 10.5 Å². The monoisotopic (exact) mass is 361 g/mol. The molecule has 2 rings (SSSR count). The Bertz CT molecular complexity index is 766. The molecular formula is C17H19N3O4S. The van der Waals surface area contributed by atoms with Gasteiger partial charge in [0.25, 0.3) is 11.8 Å². The number of rotatable bonds is 3. The first-order chi connectivity index (χ1) is 11.7. The summed E-state index contributed by atoms with van der Waals surface area (Å²) in [7, 11) is 0. The Balaban J connectivity index is 1.94. The molecule has 1 aromatic carbocycles. The Morgan fingerprint density at radius 2 is 1.72 bits per heavy atom. The third-order valence-corrected chi connectivity index (χ3v) is 3.67. The minimum atomic E-state index is -0.620. The number of hydrazine groups is 1. The van der Waals surface area contributed by atoms with Crippen LogP contribution in [0, 0.1) is 0 Å². The Labute approximate surface area is 149 Å². The smallest absolute Gasteiger partial charge is 0.412 e. The van der Waals surface area contributed by atoms with E-state index in [2.05, 4.69) is 16.2 Å². The van der Waals surface area contributed by atoms with Crippen LogP contribution in [0.3, 0.4) is 0 Å². The molecule has 0 aliphatic carbocycles. The van der Waals surface area contributed by atoms with Gasteiger partial charge < -0.3 is 4.74 Å².